The second-order valence-electron chi connectivity index (χ2n) is 8.72. The minimum Gasteiger partial charge on any atom is -0.355 e. The number of hydrogen-bond acceptors (Lipinski definition) is 6. The summed E-state index contributed by atoms with van der Waals surface area (Å²) in [5.74, 6) is 1.56. The number of anilines is 1. The molecule has 164 valence electrons. The van der Waals surface area contributed by atoms with Crippen molar-refractivity contribution < 1.29 is 4.79 Å². The van der Waals surface area contributed by atoms with E-state index in [2.05, 4.69) is 18.7 Å². The van der Waals surface area contributed by atoms with E-state index in [0.717, 1.165) is 31.5 Å². The highest BCUT2D eigenvalue weighted by Crippen LogP contribution is 2.34. The van der Waals surface area contributed by atoms with Crippen molar-refractivity contribution in [2.24, 2.45) is 11.8 Å². The first-order chi connectivity index (χ1) is 14.8. The molecule has 0 spiro atoms. The Labute approximate surface area is 192 Å². The zero-order chi connectivity index (χ0) is 22.3. The summed E-state index contributed by atoms with van der Waals surface area (Å²) < 4.78 is 2.12. The molecule has 2 unspecified atom stereocenters. The zero-order valence-corrected chi connectivity index (χ0v) is 20.1. The van der Waals surface area contributed by atoms with Crippen molar-refractivity contribution in [3.05, 3.63) is 44.7 Å². The smallest absolute Gasteiger partial charge is 0.267 e. The van der Waals surface area contributed by atoms with Crippen LogP contribution < -0.4 is 10.5 Å². The van der Waals surface area contributed by atoms with Gasteiger partial charge in [-0.3, -0.25) is 18.9 Å². The van der Waals surface area contributed by atoms with Crippen LogP contribution in [0.15, 0.2) is 28.0 Å². The molecule has 4 heterocycles. The number of nitrogens with zero attached hydrogens (tertiary/aromatic N) is 4. The van der Waals surface area contributed by atoms with Crippen LogP contribution in [0.25, 0.3) is 11.7 Å². The fourth-order valence-corrected chi connectivity index (χ4v) is 5.84. The average Bonchev–Trinajstić information content (AvgIpc) is 2.97. The molecule has 6 nitrogen and oxygen atoms in total. The second kappa shape index (κ2) is 8.74. The highest BCUT2D eigenvalue weighted by Gasteiger charge is 2.33. The van der Waals surface area contributed by atoms with Gasteiger partial charge in [0.1, 0.15) is 15.8 Å². The summed E-state index contributed by atoms with van der Waals surface area (Å²) in [4.78, 5) is 35.8. The first-order valence-electron chi connectivity index (χ1n) is 10.8. The van der Waals surface area contributed by atoms with Gasteiger partial charge in [-0.05, 0) is 49.3 Å². The number of aryl methyl sites for hydroxylation is 1. The Morgan fingerprint density at radius 1 is 1.26 bits per heavy atom. The average molecular weight is 457 g/mol. The topological polar surface area (TPSA) is 57.9 Å². The van der Waals surface area contributed by atoms with Gasteiger partial charge in [0.25, 0.3) is 11.5 Å². The molecule has 0 bridgehead atoms. The van der Waals surface area contributed by atoms with Crippen molar-refractivity contribution in [3.63, 3.8) is 0 Å². The lowest BCUT2D eigenvalue weighted by molar-refractivity contribution is -0.122. The Bertz CT molecular complexity index is 1130. The summed E-state index contributed by atoms with van der Waals surface area (Å²) in [6.07, 6.45) is 5.43. The number of pyridine rings is 1. The number of rotatable bonds is 4. The molecule has 2 fully saturated rings. The fraction of sp³-hybridized carbons (Fsp3) is 0.478. The molecular weight excluding hydrogens is 428 g/mol. The summed E-state index contributed by atoms with van der Waals surface area (Å²) in [7, 11) is 0. The van der Waals surface area contributed by atoms with Gasteiger partial charge < -0.3 is 4.90 Å². The molecular formula is C23H28N4O2S2. The molecule has 2 aliphatic rings. The molecule has 2 aromatic rings. The van der Waals surface area contributed by atoms with E-state index in [9.17, 15) is 9.59 Å². The lowest BCUT2D eigenvalue weighted by Gasteiger charge is -2.36. The first-order valence-corrected chi connectivity index (χ1v) is 12.0. The van der Waals surface area contributed by atoms with Gasteiger partial charge in [-0.2, -0.15) is 0 Å². The summed E-state index contributed by atoms with van der Waals surface area (Å²) >= 11 is 6.67. The summed E-state index contributed by atoms with van der Waals surface area (Å²) in [6.45, 7) is 10.7. The number of fused-ring (bicyclic) bond motifs is 1. The van der Waals surface area contributed by atoms with E-state index in [4.69, 9.17) is 17.2 Å². The van der Waals surface area contributed by atoms with E-state index < -0.39 is 0 Å². The highest BCUT2D eigenvalue weighted by atomic mass is 32.2. The largest absolute Gasteiger partial charge is 0.355 e. The number of aromatic nitrogens is 2. The number of hydrogen-bond donors (Lipinski definition) is 0. The van der Waals surface area contributed by atoms with Crippen molar-refractivity contribution in [2.45, 2.75) is 40.5 Å². The summed E-state index contributed by atoms with van der Waals surface area (Å²) in [5, 5.41) is 0. The Hall–Kier alpha value is -2.19. The van der Waals surface area contributed by atoms with E-state index in [1.54, 1.807) is 21.6 Å². The van der Waals surface area contributed by atoms with Crippen LogP contribution in [0.1, 0.15) is 44.7 Å². The molecule has 0 radical (unpaired) electrons. The third-order valence-corrected chi connectivity index (χ3v) is 7.21. The number of thiocarbonyl (C=S) groups is 1. The van der Waals surface area contributed by atoms with Gasteiger partial charge >= 0.3 is 0 Å². The monoisotopic (exact) mass is 456 g/mol. The summed E-state index contributed by atoms with van der Waals surface area (Å²) in [5.41, 5.74) is 1.90. The van der Waals surface area contributed by atoms with Crippen molar-refractivity contribution in [2.75, 3.05) is 24.5 Å². The Balaban J connectivity index is 1.89. The van der Waals surface area contributed by atoms with Crippen LogP contribution in [0.5, 0.6) is 0 Å². The number of thioether (sulfide) groups is 1. The fourth-order valence-electron chi connectivity index (χ4n) is 4.55. The first kappa shape index (κ1) is 22.0. The standard InChI is InChI=1S/C23H28N4O2S2/c1-5-8-27-22(29)18(31-23(27)30)11-17-20(25-12-14(2)10-15(3)13-25)24-19-16(4)7-6-9-26(19)21(17)28/h6-7,9,11,14-15H,5,8,10,12-13H2,1-4H3/b18-11-. The van der Waals surface area contributed by atoms with Gasteiger partial charge in [0, 0.05) is 25.8 Å². The Kier molecular flexibility index (Phi) is 6.21. The quantitative estimate of drug-likeness (QED) is 0.510. The molecule has 31 heavy (non-hydrogen) atoms. The SMILES string of the molecule is CCCN1C(=O)/C(=C/c2c(N3CC(C)CC(C)C3)nc3c(C)cccn3c2=O)SC1=S. The lowest BCUT2D eigenvalue weighted by Crippen LogP contribution is -2.40. The minimum atomic E-state index is -0.157. The third kappa shape index (κ3) is 4.15. The van der Waals surface area contributed by atoms with Crippen molar-refractivity contribution in [3.8, 4) is 0 Å². The zero-order valence-electron chi connectivity index (χ0n) is 18.4. The summed E-state index contributed by atoms with van der Waals surface area (Å²) in [6, 6.07) is 3.81. The molecule has 2 saturated heterocycles. The second-order valence-corrected chi connectivity index (χ2v) is 10.4. The molecule has 0 saturated carbocycles. The molecule has 1 amide bonds. The van der Waals surface area contributed by atoms with Crippen LogP contribution in [0.2, 0.25) is 0 Å². The molecule has 2 aromatic heterocycles. The Morgan fingerprint density at radius 2 is 1.97 bits per heavy atom. The molecule has 4 rings (SSSR count). The van der Waals surface area contributed by atoms with E-state index >= 15 is 0 Å². The van der Waals surface area contributed by atoms with Gasteiger partial charge in [-0.25, -0.2) is 4.98 Å². The number of carbonyl (C=O) groups is 1. The minimum absolute atomic E-state index is 0.128. The maximum Gasteiger partial charge on any atom is 0.267 e. The van der Waals surface area contributed by atoms with Crippen LogP contribution in [-0.4, -0.2) is 44.1 Å². The highest BCUT2D eigenvalue weighted by molar-refractivity contribution is 8.26. The maximum absolute atomic E-state index is 13.6. The van der Waals surface area contributed by atoms with Crippen LogP contribution >= 0.6 is 24.0 Å². The van der Waals surface area contributed by atoms with E-state index in [0.29, 0.717) is 44.6 Å². The van der Waals surface area contributed by atoms with Crippen molar-refractivity contribution in [1.29, 1.82) is 0 Å². The van der Waals surface area contributed by atoms with E-state index in [1.807, 2.05) is 26.0 Å². The molecule has 2 aliphatic heterocycles. The van der Waals surface area contributed by atoms with E-state index in [-0.39, 0.29) is 11.5 Å². The van der Waals surface area contributed by atoms with Crippen molar-refractivity contribution in [1.82, 2.24) is 14.3 Å². The molecule has 2 atom stereocenters. The predicted molar refractivity (Wildman–Crippen MR) is 132 cm³/mol. The van der Waals surface area contributed by atoms with Gasteiger partial charge in [0.2, 0.25) is 0 Å². The van der Waals surface area contributed by atoms with Crippen LogP contribution in [-0.2, 0) is 4.79 Å². The predicted octanol–water partition coefficient (Wildman–Crippen LogP) is 4.10. The Morgan fingerprint density at radius 3 is 2.65 bits per heavy atom. The lowest BCUT2D eigenvalue weighted by atomic mass is 9.91. The van der Waals surface area contributed by atoms with Crippen LogP contribution in [0, 0.1) is 18.8 Å². The van der Waals surface area contributed by atoms with Gasteiger partial charge in [-0.15, -0.1) is 0 Å². The van der Waals surface area contributed by atoms with E-state index in [1.165, 1.54) is 11.8 Å². The number of amides is 1. The van der Waals surface area contributed by atoms with Gasteiger partial charge in [0.05, 0.1) is 10.5 Å². The normalized spacial score (nSPS) is 23.4. The van der Waals surface area contributed by atoms with Crippen molar-refractivity contribution >= 4 is 51.7 Å². The van der Waals surface area contributed by atoms with Crippen LogP contribution in [0.4, 0.5) is 5.82 Å². The number of piperidine rings is 1. The molecule has 0 N–H and O–H groups in total. The van der Waals surface area contributed by atoms with Gasteiger partial charge in [0.15, 0.2) is 0 Å². The third-order valence-electron chi connectivity index (χ3n) is 5.83. The van der Waals surface area contributed by atoms with Crippen LogP contribution in [0.3, 0.4) is 0 Å². The number of carbonyl (C=O) groups excluding carboxylic acids is 1. The molecule has 0 aromatic carbocycles. The maximum atomic E-state index is 13.6. The molecule has 0 aliphatic carbocycles. The molecule has 8 heteroatoms. The van der Waals surface area contributed by atoms with Gasteiger partial charge in [-0.1, -0.05) is 50.8 Å².